The van der Waals surface area contributed by atoms with Gasteiger partial charge < -0.3 is 34.9 Å². The lowest BCUT2D eigenvalue weighted by Gasteiger charge is -2.32. The van der Waals surface area contributed by atoms with Gasteiger partial charge in [-0.2, -0.15) is 0 Å². The third-order valence-corrected chi connectivity index (χ3v) is 13.9. The molecule has 0 radical (unpaired) electrons. The molecule has 3 aliphatic rings. The minimum absolute atomic E-state index is 0.0159. The van der Waals surface area contributed by atoms with Crippen LogP contribution in [0, 0.1) is 11.8 Å². The van der Waals surface area contributed by atoms with E-state index in [1.165, 1.54) is 0 Å². The summed E-state index contributed by atoms with van der Waals surface area (Å²) in [5, 5.41) is 25.3. The van der Waals surface area contributed by atoms with Gasteiger partial charge >= 0.3 is 0 Å². The number of amides is 2. The topological polar surface area (TPSA) is 151 Å². The van der Waals surface area contributed by atoms with Crippen LogP contribution in [-0.2, 0) is 33.0 Å². The fourth-order valence-electron chi connectivity index (χ4n) is 8.70. The Morgan fingerprint density at radius 3 is 2.60 bits per heavy atom. The number of benzene rings is 3. The molecule has 3 aliphatic heterocycles. The number of fused-ring (bicyclic) bond motifs is 2. The van der Waals surface area contributed by atoms with Gasteiger partial charge in [-0.1, -0.05) is 54.6 Å². The van der Waals surface area contributed by atoms with Gasteiger partial charge in [0.15, 0.2) is 13.9 Å². The third kappa shape index (κ3) is 7.16. The molecular weight excluding hydrogens is 689 g/mol. The number of carbonyl (C=O) groups excluding carboxylic acids is 2. The molecule has 1 aromatic heterocycles. The molecule has 280 valence electrons. The van der Waals surface area contributed by atoms with E-state index >= 15 is 0 Å². The van der Waals surface area contributed by atoms with E-state index < -0.39 is 20.0 Å². The number of methoxy groups -OCH3 is 1. The number of aromatic nitrogens is 3. The van der Waals surface area contributed by atoms with E-state index in [-0.39, 0.29) is 41.7 Å². The first-order valence-corrected chi connectivity index (χ1v) is 21.6. The molecular formula is C40H50N6O6Si. The zero-order valence-corrected chi connectivity index (χ0v) is 31.9. The maximum Gasteiger partial charge on any atom is 0.264 e. The SMILES string of the molecule is COc1ccc2c(c1)[C@@]1(O[C@H](CCn3cc(C(CO)c4ccccc4)nn3)[C@@H]([Si](C)(C)O)[C@@H]1C)C(=O)N2Cc1ccc(NC(=O)C2CCCNC2)cc1. The highest BCUT2D eigenvalue weighted by molar-refractivity contribution is 6.71. The summed E-state index contributed by atoms with van der Waals surface area (Å²) in [6.07, 6.45) is 3.78. The van der Waals surface area contributed by atoms with Crippen LogP contribution in [0.15, 0.2) is 79.0 Å². The number of nitrogens with zero attached hydrogens (tertiary/aromatic N) is 4. The number of carbonyl (C=O) groups is 2. The highest BCUT2D eigenvalue weighted by Gasteiger charge is 2.66. The summed E-state index contributed by atoms with van der Waals surface area (Å²) in [7, 11) is -1.28. The van der Waals surface area contributed by atoms with Crippen molar-refractivity contribution in [1.29, 1.82) is 0 Å². The normalized spacial score (nSPS) is 24.7. The summed E-state index contributed by atoms with van der Waals surface area (Å²) < 4.78 is 14.4. The molecule has 2 unspecified atom stereocenters. The molecule has 4 heterocycles. The fourth-order valence-corrected chi connectivity index (χ4v) is 11.3. The molecule has 2 saturated heterocycles. The van der Waals surface area contributed by atoms with Crippen molar-refractivity contribution in [3.05, 3.63) is 101 Å². The molecule has 53 heavy (non-hydrogen) atoms. The zero-order chi connectivity index (χ0) is 37.3. The smallest absolute Gasteiger partial charge is 0.264 e. The van der Waals surface area contributed by atoms with Crippen LogP contribution in [0.4, 0.5) is 11.4 Å². The lowest BCUT2D eigenvalue weighted by Crippen LogP contribution is -2.46. The van der Waals surface area contributed by atoms with Crippen LogP contribution < -0.4 is 20.3 Å². The van der Waals surface area contributed by atoms with Crippen LogP contribution in [0.1, 0.15) is 54.5 Å². The molecule has 6 atom stereocenters. The summed E-state index contributed by atoms with van der Waals surface area (Å²) in [6.45, 7) is 8.15. The van der Waals surface area contributed by atoms with E-state index in [0.29, 0.717) is 37.5 Å². The van der Waals surface area contributed by atoms with Crippen molar-refractivity contribution in [2.45, 2.75) is 75.5 Å². The van der Waals surface area contributed by atoms with E-state index in [1.807, 2.05) is 99.0 Å². The highest BCUT2D eigenvalue weighted by atomic mass is 28.4. The van der Waals surface area contributed by atoms with Crippen LogP contribution in [0.5, 0.6) is 5.75 Å². The first-order chi connectivity index (χ1) is 25.5. The van der Waals surface area contributed by atoms with E-state index in [4.69, 9.17) is 9.47 Å². The van der Waals surface area contributed by atoms with Crippen LogP contribution in [0.25, 0.3) is 0 Å². The molecule has 7 rings (SSSR count). The number of rotatable bonds is 12. The minimum Gasteiger partial charge on any atom is -0.497 e. The highest BCUT2D eigenvalue weighted by Crippen LogP contribution is 2.60. The van der Waals surface area contributed by atoms with Crippen molar-refractivity contribution in [2.75, 3.05) is 37.0 Å². The summed E-state index contributed by atoms with van der Waals surface area (Å²) in [5.74, 6) is -0.211. The Hall–Kier alpha value is -4.40. The summed E-state index contributed by atoms with van der Waals surface area (Å²) in [4.78, 5) is 41.3. The van der Waals surface area contributed by atoms with Gasteiger partial charge in [0.05, 0.1) is 49.6 Å². The average Bonchev–Trinajstić information content (AvgIpc) is 3.82. The molecule has 2 amide bonds. The van der Waals surface area contributed by atoms with Crippen molar-refractivity contribution in [1.82, 2.24) is 20.3 Å². The number of hydrogen-bond donors (Lipinski definition) is 4. The molecule has 0 aliphatic carbocycles. The largest absolute Gasteiger partial charge is 0.497 e. The van der Waals surface area contributed by atoms with Crippen molar-refractivity contribution in [3.63, 3.8) is 0 Å². The third-order valence-electron chi connectivity index (χ3n) is 11.4. The molecule has 3 aromatic carbocycles. The van der Waals surface area contributed by atoms with Gasteiger partial charge in [-0.3, -0.25) is 14.3 Å². The first-order valence-electron chi connectivity index (χ1n) is 18.6. The molecule has 4 aromatic rings. The molecule has 12 nitrogen and oxygen atoms in total. The van der Waals surface area contributed by atoms with Crippen LogP contribution in [0.2, 0.25) is 18.6 Å². The van der Waals surface area contributed by atoms with Crippen LogP contribution >= 0.6 is 0 Å². The van der Waals surface area contributed by atoms with E-state index in [2.05, 4.69) is 20.9 Å². The number of aryl methyl sites for hydroxylation is 1. The lowest BCUT2D eigenvalue weighted by molar-refractivity contribution is -0.146. The molecule has 2 fully saturated rings. The van der Waals surface area contributed by atoms with E-state index in [1.54, 1.807) is 16.7 Å². The Kier molecular flexibility index (Phi) is 10.6. The second-order valence-electron chi connectivity index (χ2n) is 15.2. The summed E-state index contributed by atoms with van der Waals surface area (Å²) >= 11 is 0. The standard InChI is InChI=1S/C40H50N6O6Si/c1-26-37(53(3,4)50)36(18-20-45-24-34(43-44-45)32(25-47)28-9-6-5-7-10-28)52-40(26)33-21-31(51-2)16-17-35(33)46(39(40)49)23-27-12-14-30(15-13-27)42-38(48)29-11-8-19-41-22-29/h5-7,9-10,12-17,21,24,26,29,32,36-37,41,47,50H,8,11,18-20,22-23,25H2,1-4H3,(H,42,48)/t26-,29?,32?,36+,37-,40+/m0/s1. The van der Waals surface area contributed by atoms with E-state index in [9.17, 15) is 19.5 Å². The first kappa shape index (κ1) is 36.9. The maximum absolute atomic E-state index is 14.9. The fraction of sp³-hybridized carbons (Fsp3) is 0.450. The second-order valence-corrected chi connectivity index (χ2v) is 19.2. The Labute approximate surface area is 311 Å². The number of anilines is 2. The monoisotopic (exact) mass is 738 g/mol. The van der Waals surface area contributed by atoms with E-state index in [0.717, 1.165) is 47.5 Å². The predicted molar refractivity (Wildman–Crippen MR) is 204 cm³/mol. The van der Waals surface area contributed by atoms with Crippen molar-refractivity contribution in [2.24, 2.45) is 11.8 Å². The van der Waals surface area contributed by atoms with Gasteiger partial charge in [-0.05, 0) is 80.4 Å². The number of hydrogen-bond acceptors (Lipinski definition) is 9. The molecule has 0 saturated carbocycles. The van der Waals surface area contributed by atoms with Crippen molar-refractivity contribution < 1.29 is 29.0 Å². The predicted octanol–water partition coefficient (Wildman–Crippen LogP) is 4.78. The lowest BCUT2D eigenvalue weighted by atomic mass is 9.82. The number of nitrogens with one attached hydrogen (secondary N) is 2. The number of aliphatic hydroxyl groups is 1. The number of ether oxygens (including phenoxy) is 2. The summed E-state index contributed by atoms with van der Waals surface area (Å²) in [6, 6.07) is 23.0. The van der Waals surface area contributed by atoms with Gasteiger partial charge in [0.2, 0.25) is 5.91 Å². The Bertz CT molecular complexity index is 1910. The summed E-state index contributed by atoms with van der Waals surface area (Å²) in [5.41, 5.74) is 3.16. The second kappa shape index (κ2) is 15.1. The Morgan fingerprint density at radius 2 is 1.92 bits per heavy atom. The molecule has 0 bridgehead atoms. The van der Waals surface area contributed by atoms with Gasteiger partial charge in [-0.25, -0.2) is 0 Å². The maximum atomic E-state index is 14.9. The van der Waals surface area contributed by atoms with Gasteiger partial charge in [-0.15, -0.1) is 5.10 Å². The molecule has 1 spiro atoms. The average molecular weight is 739 g/mol. The van der Waals surface area contributed by atoms with Crippen molar-refractivity contribution in [3.8, 4) is 5.75 Å². The van der Waals surface area contributed by atoms with Gasteiger partial charge in [0, 0.05) is 42.0 Å². The van der Waals surface area contributed by atoms with Crippen molar-refractivity contribution >= 4 is 31.5 Å². The Morgan fingerprint density at radius 1 is 1.15 bits per heavy atom. The minimum atomic E-state index is -2.89. The van der Waals surface area contributed by atoms with Gasteiger partial charge in [0.25, 0.3) is 5.91 Å². The Balaban J connectivity index is 1.13. The van der Waals surface area contributed by atoms with Gasteiger partial charge in [0.1, 0.15) is 5.75 Å². The molecule has 4 N–H and O–H groups in total. The molecule has 13 heteroatoms. The zero-order valence-electron chi connectivity index (χ0n) is 30.9. The van der Waals surface area contributed by atoms with Crippen LogP contribution in [-0.4, -0.2) is 77.9 Å². The number of piperidine rings is 1. The quantitative estimate of drug-likeness (QED) is 0.151. The number of aliphatic hydroxyl groups excluding tert-OH is 1. The van der Waals surface area contributed by atoms with Crippen LogP contribution in [0.3, 0.4) is 0 Å².